The van der Waals surface area contributed by atoms with Crippen LogP contribution in [0, 0.1) is 5.82 Å². The number of carbonyl (C=O) groups is 1. The Hall–Kier alpha value is -3.21. The topological polar surface area (TPSA) is 93.1 Å². The van der Waals surface area contributed by atoms with Crippen molar-refractivity contribution in [1.29, 1.82) is 0 Å². The van der Waals surface area contributed by atoms with Crippen molar-refractivity contribution in [2.75, 3.05) is 31.6 Å². The molecule has 1 N–H and O–H groups in total. The summed E-state index contributed by atoms with van der Waals surface area (Å²) in [4.78, 5) is 23.1. The number of benzene rings is 1. The highest BCUT2D eigenvalue weighted by Crippen LogP contribution is 2.38. The van der Waals surface area contributed by atoms with Crippen molar-refractivity contribution in [3.8, 4) is 10.6 Å². The first-order valence-corrected chi connectivity index (χ1v) is 11.0. The van der Waals surface area contributed by atoms with Gasteiger partial charge in [0.25, 0.3) is 5.91 Å². The van der Waals surface area contributed by atoms with Crippen LogP contribution in [0.5, 0.6) is 0 Å². The molecule has 0 bridgehead atoms. The summed E-state index contributed by atoms with van der Waals surface area (Å²) in [5.74, 6) is 0.300. The monoisotopic (exact) mass is 470 g/mol. The lowest BCUT2D eigenvalue weighted by molar-refractivity contribution is 0.0298. The second-order valence-electron chi connectivity index (χ2n) is 6.96. The Labute approximate surface area is 191 Å². The normalized spacial score (nSPS) is 14.0. The SMILES string of the molecule is O=C(c1ccc(Nc2nccc3nc(-c4c(F)cccc4Cl)sc23)nn1)N1CCOCC1. The number of nitrogens with one attached hydrogen (secondary N) is 1. The van der Waals surface area contributed by atoms with Gasteiger partial charge in [0, 0.05) is 19.3 Å². The Bertz CT molecular complexity index is 1270. The molecule has 0 atom stereocenters. The minimum Gasteiger partial charge on any atom is -0.378 e. The molecular weight excluding hydrogens is 455 g/mol. The average Bonchev–Trinajstić information content (AvgIpc) is 3.24. The van der Waals surface area contributed by atoms with Gasteiger partial charge in [0.05, 0.1) is 34.0 Å². The minimum atomic E-state index is -0.439. The van der Waals surface area contributed by atoms with Crippen molar-refractivity contribution < 1.29 is 13.9 Å². The van der Waals surface area contributed by atoms with Gasteiger partial charge in [-0.2, -0.15) is 0 Å². The number of ether oxygens (including phenoxy) is 1. The van der Waals surface area contributed by atoms with Crippen molar-refractivity contribution in [2.45, 2.75) is 0 Å². The van der Waals surface area contributed by atoms with Gasteiger partial charge in [-0.05, 0) is 30.3 Å². The number of fused-ring (bicyclic) bond motifs is 1. The first-order chi connectivity index (χ1) is 15.6. The first-order valence-electron chi connectivity index (χ1n) is 9.78. The third-order valence-electron chi connectivity index (χ3n) is 4.91. The smallest absolute Gasteiger partial charge is 0.274 e. The highest BCUT2D eigenvalue weighted by Gasteiger charge is 2.20. The van der Waals surface area contributed by atoms with Gasteiger partial charge in [0.1, 0.15) is 10.8 Å². The van der Waals surface area contributed by atoms with Crippen LogP contribution in [0.25, 0.3) is 20.8 Å². The van der Waals surface area contributed by atoms with Crippen molar-refractivity contribution in [2.24, 2.45) is 0 Å². The van der Waals surface area contributed by atoms with Gasteiger partial charge in [-0.25, -0.2) is 14.4 Å². The van der Waals surface area contributed by atoms with E-state index in [2.05, 4.69) is 25.5 Å². The highest BCUT2D eigenvalue weighted by molar-refractivity contribution is 7.22. The molecule has 11 heteroatoms. The molecular formula is C21H16ClFN6O2S. The molecule has 1 aliphatic heterocycles. The van der Waals surface area contributed by atoms with E-state index in [-0.39, 0.29) is 22.2 Å². The molecule has 8 nitrogen and oxygen atoms in total. The van der Waals surface area contributed by atoms with Crippen LogP contribution in [0.1, 0.15) is 10.5 Å². The number of carbonyl (C=O) groups excluding carboxylic acids is 1. The van der Waals surface area contributed by atoms with Crippen molar-refractivity contribution >= 4 is 50.7 Å². The second kappa shape index (κ2) is 8.73. The van der Waals surface area contributed by atoms with Crippen molar-refractivity contribution in [1.82, 2.24) is 25.1 Å². The molecule has 1 aromatic carbocycles. The predicted molar refractivity (Wildman–Crippen MR) is 120 cm³/mol. The summed E-state index contributed by atoms with van der Waals surface area (Å²) in [7, 11) is 0. The molecule has 5 rings (SSSR count). The number of morpholine rings is 1. The number of halogens is 2. The average molecular weight is 471 g/mol. The van der Waals surface area contributed by atoms with Gasteiger partial charge in [-0.3, -0.25) is 4.79 Å². The maximum Gasteiger partial charge on any atom is 0.274 e. The summed E-state index contributed by atoms with van der Waals surface area (Å²) in [5.41, 5.74) is 1.17. The Balaban J connectivity index is 1.41. The standard InChI is InChI=1S/C21H16ClFN6O2S/c22-12-2-1-3-13(23)17(12)20-25-14-6-7-24-19(18(14)32-20)26-16-5-4-15(27-28-16)21(30)29-8-10-31-11-9-29/h1-7H,8-11H2,(H,24,26,28). The Morgan fingerprint density at radius 2 is 2.00 bits per heavy atom. The highest BCUT2D eigenvalue weighted by atomic mass is 35.5. The number of amides is 1. The summed E-state index contributed by atoms with van der Waals surface area (Å²) in [5, 5.41) is 12.0. The molecule has 0 aliphatic carbocycles. The zero-order valence-corrected chi connectivity index (χ0v) is 18.2. The number of rotatable bonds is 4. The van der Waals surface area contributed by atoms with Crippen LogP contribution < -0.4 is 5.32 Å². The lowest BCUT2D eigenvalue weighted by atomic mass is 10.2. The fourth-order valence-electron chi connectivity index (χ4n) is 3.32. The number of hydrogen-bond acceptors (Lipinski definition) is 8. The molecule has 1 saturated heterocycles. The zero-order chi connectivity index (χ0) is 22.1. The molecule has 0 unspecified atom stereocenters. The molecule has 0 radical (unpaired) electrons. The molecule has 1 fully saturated rings. The Kier molecular flexibility index (Phi) is 5.64. The van der Waals surface area contributed by atoms with E-state index in [0.717, 1.165) is 4.70 Å². The van der Waals surface area contributed by atoms with E-state index in [1.54, 1.807) is 41.4 Å². The molecule has 0 saturated carbocycles. The quantitative estimate of drug-likeness (QED) is 0.478. The molecule has 1 aliphatic rings. The van der Waals surface area contributed by atoms with Crippen LogP contribution in [0.3, 0.4) is 0 Å². The van der Waals surface area contributed by atoms with Crippen LogP contribution in [0.15, 0.2) is 42.6 Å². The minimum absolute atomic E-state index is 0.179. The lowest BCUT2D eigenvalue weighted by Crippen LogP contribution is -2.41. The molecule has 0 spiro atoms. The fourth-order valence-corrected chi connectivity index (χ4v) is 4.69. The summed E-state index contributed by atoms with van der Waals surface area (Å²) in [6.45, 7) is 2.10. The number of aromatic nitrogens is 4. The summed E-state index contributed by atoms with van der Waals surface area (Å²) in [6, 6.07) is 9.54. The maximum atomic E-state index is 14.3. The Morgan fingerprint density at radius 3 is 2.75 bits per heavy atom. The summed E-state index contributed by atoms with van der Waals surface area (Å²) < 4.78 is 20.3. The fraction of sp³-hybridized carbons (Fsp3) is 0.190. The molecule has 4 aromatic rings. The maximum absolute atomic E-state index is 14.3. The van der Waals surface area contributed by atoms with Crippen LogP contribution in [-0.2, 0) is 4.74 Å². The molecule has 3 aromatic heterocycles. The van der Waals surface area contributed by atoms with Gasteiger partial charge >= 0.3 is 0 Å². The number of hydrogen-bond donors (Lipinski definition) is 1. The Morgan fingerprint density at radius 1 is 1.16 bits per heavy atom. The van der Waals surface area contributed by atoms with Gasteiger partial charge < -0.3 is 15.0 Å². The molecule has 4 heterocycles. The van der Waals surface area contributed by atoms with E-state index in [1.807, 2.05) is 0 Å². The van der Waals surface area contributed by atoms with Crippen LogP contribution in [-0.4, -0.2) is 57.3 Å². The number of anilines is 2. The van der Waals surface area contributed by atoms with Gasteiger partial charge in [0.2, 0.25) is 0 Å². The number of nitrogens with zero attached hydrogens (tertiary/aromatic N) is 5. The van der Waals surface area contributed by atoms with E-state index in [0.29, 0.717) is 48.5 Å². The van der Waals surface area contributed by atoms with Gasteiger partial charge in [0.15, 0.2) is 17.3 Å². The van der Waals surface area contributed by atoms with E-state index in [4.69, 9.17) is 16.3 Å². The largest absolute Gasteiger partial charge is 0.378 e. The third-order valence-corrected chi connectivity index (χ3v) is 6.32. The van der Waals surface area contributed by atoms with Crippen molar-refractivity contribution in [3.05, 3.63) is 59.1 Å². The van der Waals surface area contributed by atoms with Crippen LogP contribution in [0.4, 0.5) is 16.0 Å². The number of pyridine rings is 1. The molecule has 162 valence electrons. The second-order valence-corrected chi connectivity index (χ2v) is 8.36. The van der Waals surface area contributed by atoms with Crippen LogP contribution >= 0.6 is 22.9 Å². The molecule has 32 heavy (non-hydrogen) atoms. The van der Waals surface area contributed by atoms with E-state index in [9.17, 15) is 9.18 Å². The number of thiazole rings is 1. The van der Waals surface area contributed by atoms with Crippen molar-refractivity contribution in [3.63, 3.8) is 0 Å². The third kappa shape index (κ3) is 3.99. The lowest BCUT2D eigenvalue weighted by Gasteiger charge is -2.26. The van der Waals surface area contributed by atoms with Gasteiger partial charge in [-0.15, -0.1) is 21.5 Å². The first kappa shape index (κ1) is 20.7. The van der Waals surface area contributed by atoms with E-state index >= 15 is 0 Å². The zero-order valence-electron chi connectivity index (χ0n) is 16.6. The van der Waals surface area contributed by atoms with Gasteiger partial charge in [-0.1, -0.05) is 17.7 Å². The molecule has 1 amide bonds. The summed E-state index contributed by atoms with van der Waals surface area (Å²) >= 11 is 7.47. The van der Waals surface area contributed by atoms with Crippen LogP contribution in [0.2, 0.25) is 5.02 Å². The predicted octanol–water partition coefficient (Wildman–Crippen LogP) is 4.16. The van der Waals surface area contributed by atoms with E-state index in [1.165, 1.54) is 17.4 Å². The summed E-state index contributed by atoms with van der Waals surface area (Å²) in [6.07, 6.45) is 1.60. The van der Waals surface area contributed by atoms with E-state index < -0.39 is 5.82 Å².